The van der Waals surface area contributed by atoms with Gasteiger partial charge in [0.2, 0.25) is 5.95 Å². The normalized spacial score (nSPS) is 20.7. The van der Waals surface area contributed by atoms with Crippen LogP contribution in [0.5, 0.6) is 0 Å². The molecular weight excluding hydrogens is 510 g/mol. The monoisotopic (exact) mass is 539 g/mol. The number of hydrogen-bond acceptors (Lipinski definition) is 10. The molecule has 38 heavy (non-hydrogen) atoms. The molecule has 2 amide bonds. The molecule has 0 bridgehead atoms. The first-order chi connectivity index (χ1) is 18.3. The minimum Gasteiger partial charge on any atom is -0.377 e. The van der Waals surface area contributed by atoms with Crippen molar-refractivity contribution < 1.29 is 17.9 Å². The van der Waals surface area contributed by atoms with Gasteiger partial charge in [0.1, 0.15) is 10.6 Å². The molecule has 200 valence electrons. The van der Waals surface area contributed by atoms with Crippen LogP contribution in [0.1, 0.15) is 44.0 Å². The van der Waals surface area contributed by atoms with Gasteiger partial charge in [-0.2, -0.15) is 5.10 Å². The smallest absolute Gasteiger partial charge is 0.326 e. The third-order valence-corrected chi connectivity index (χ3v) is 10.3. The summed E-state index contributed by atoms with van der Waals surface area (Å²) < 4.78 is 31.4. The highest BCUT2D eigenvalue weighted by atomic mass is 32.2. The number of carbonyl (C=O) groups is 1. The van der Waals surface area contributed by atoms with Crippen LogP contribution < -0.4 is 15.5 Å². The molecule has 0 aromatic carbocycles. The quantitative estimate of drug-likeness (QED) is 0.405. The van der Waals surface area contributed by atoms with E-state index in [0.717, 1.165) is 5.69 Å². The van der Waals surface area contributed by atoms with Gasteiger partial charge in [0.15, 0.2) is 15.7 Å². The lowest BCUT2D eigenvalue weighted by molar-refractivity contribution is 0.0985. The Morgan fingerprint density at radius 3 is 2.55 bits per heavy atom. The molecule has 2 aliphatic carbocycles. The highest BCUT2D eigenvalue weighted by Crippen LogP contribution is 2.57. The number of amides is 2. The number of urea groups is 1. The Bertz CT molecular complexity index is 1470. The molecule has 3 N–H and O–H groups in total. The predicted molar refractivity (Wildman–Crippen MR) is 140 cm³/mol. The second kappa shape index (κ2) is 9.27. The second-order valence-electron chi connectivity index (χ2n) is 10.1. The van der Waals surface area contributed by atoms with Gasteiger partial charge < -0.3 is 15.0 Å². The average molecular weight is 540 g/mol. The van der Waals surface area contributed by atoms with Crippen LogP contribution in [0.4, 0.5) is 22.2 Å². The zero-order valence-electron chi connectivity index (χ0n) is 21.1. The van der Waals surface area contributed by atoms with E-state index in [1.54, 1.807) is 6.92 Å². The van der Waals surface area contributed by atoms with E-state index in [1.165, 1.54) is 18.6 Å². The van der Waals surface area contributed by atoms with Crippen LogP contribution in [0, 0.1) is 6.92 Å². The molecular formula is C24H29N9O4S. The first-order valence-electron chi connectivity index (χ1n) is 12.6. The van der Waals surface area contributed by atoms with Crippen LogP contribution in [0.15, 0.2) is 24.7 Å². The number of nitrogens with zero attached hydrogens (tertiary/aromatic N) is 6. The molecule has 6 rings (SSSR count). The Labute approximate surface area is 219 Å². The number of nitrogens with one attached hydrogen (secondary N) is 3. The number of anilines is 3. The first-order valence-corrected chi connectivity index (χ1v) is 14.2. The molecule has 0 radical (unpaired) electrons. The number of ether oxygens (including phenoxy) is 1. The van der Waals surface area contributed by atoms with E-state index in [2.05, 4.69) is 35.7 Å². The van der Waals surface area contributed by atoms with Gasteiger partial charge in [0.05, 0.1) is 53.3 Å². The molecule has 13 nitrogen and oxygen atoms in total. The van der Waals surface area contributed by atoms with Crippen LogP contribution in [0.3, 0.4) is 0 Å². The zero-order valence-corrected chi connectivity index (χ0v) is 22.0. The first kappa shape index (κ1) is 24.7. The zero-order chi connectivity index (χ0) is 26.5. The second-order valence-corrected chi connectivity index (χ2v) is 12.6. The molecule has 1 aliphatic heterocycles. The topological polar surface area (TPSA) is 168 Å². The number of sulfone groups is 1. The molecule has 0 spiro atoms. The van der Waals surface area contributed by atoms with Crippen LogP contribution >= 0.6 is 0 Å². The van der Waals surface area contributed by atoms with Crippen molar-refractivity contribution >= 4 is 33.3 Å². The number of aromatic amines is 1. The van der Waals surface area contributed by atoms with Gasteiger partial charge in [0, 0.05) is 25.0 Å². The Kier molecular flexibility index (Phi) is 6.02. The van der Waals surface area contributed by atoms with Crippen molar-refractivity contribution in [2.75, 3.05) is 35.3 Å². The third kappa shape index (κ3) is 4.47. The summed E-state index contributed by atoms with van der Waals surface area (Å²) in [4.78, 5) is 32.5. The van der Waals surface area contributed by atoms with Gasteiger partial charge >= 0.3 is 6.03 Å². The highest BCUT2D eigenvalue weighted by molar-refractivity contribution is 7.93. The fourth-order valence-electron chi connectivity index (χ4n) is 4.75. The van der Waals surface area contributed by atoms with Crippen molar-refractivity contribution in [2.24, 2.45) is 0 Å². The maximum absolute atomic E-state index is 13.4. The summed E-state index contributed by atoms with van der Waals surface area (Å²) in [5.41, 5.74) is 2.31. The maximum atomic E-state index is 13.4. The molecule has 3 aliphatic rings. The number of aromatic nitrogens is 6. The average Bonchev–Trinajstić information content (AvgIpc) is 3.83. The van der Waals surface area contributed by atoms with E-state index in [-0.39, 0.29) is 17.2 Å². The molecule has 2 saturated carbocycles. The number of carbonyl (C=O) groups excluding carboxylic acids is 1. The van der Waals surface area contributed by atoms with Gasteiger partial charge in [-0.05, 0) is 39.5 Å². The number of hydrogen-bond donors (Lipinski definition) is 3. The van der Waals surface area contributed by atoms with Gasteiger partial charge in [-0.15, -0.1) is 0 Å². The molecule has 4 heterocycles. The van der Waals surface area contributed by atoms with Gasteiger partial charge in [-0.1, -0.05) is 0 Å². The number of H-pyrrole nitrogens is 1. The number of morpholine rings is 1. The van der Waals surface area contributed by atoms with E-state index >= 15 is 0 Å². The lowest BCUT2D eigenvalue weighted by Crippen LogP contribution is -2.44. The fraction of sp³-hybridized carbons (Fsp3) is 0.500. The summed E-state index contributed by atoms with van der Waals surface area (Å²) in [6, 6.07) is 1.40. The maximum Gasteiger partial charge on any atom is 0.326 e. The van der Waals surface area contributed by atoms with Gasteiger partial charge in [-0.25, -0.2) is 33.1 Å². The van der Waals surface area contributed by atoms with E-state index in [0.29, 0.717) is 74.0 Å². The van der Waals surface area contributed by atoms with Crippen LogP contribution in [0.2, 0.25) is 0 Å². The fourth-order valence-corrected chi connectivity index (χ4v) is 7.21. The minimum atomic E-state index is -3.34. The van der Waals surface area contributed by atoms with E-state index < -0.39 is 20.6 Å². The van der Waals surface area contributed by atoms with Gasteiger partial charge in [-0.3, -0.25) is 10.4 Å². The Morgan fingerprint density at radius 2 is 1.92 bits per heavy atom. The van der Waals surface area contributed by atoms with E-state index in [4.69, 9.17) is 14.7 Å². The van der Waals surface area contributed by atoms with Crippen molar-refractivity contribution in [1.82, 2.24) is 30.1 Å². The standard InChI is InChI=1S/C24H29N9O4S/c1-14-13-37-8-7-33(14)20-9-19(24(5-6-24)38(35,36)17-3-4-17)29-21(30-20)16-10-25-22(26-11-16)31-23(34)28-18-12-27-32-15(18)2/h9-12,14,17H,3-8,13H2,1-2H3,(H,27,32)(H2,25,26,28,31,34)/t14-/m0/s1. The molecule has 3 aromatic heterocycles. The van der Waals surface area contributed by atoms with Crippen LogP contribution in [-0.4, -0.2) is 75.6 Å². The summed E-state index contributed by atoms with van der Waals surface area (Å²) in [5, 5.41) is 11.6. The Hall–Kier alpha value is -3.65. The summed E-state index contributed by atoms with van der Waals surface area (Å²) in [7, 11) is -3.34. The summed E-state index contributed by atoms with van der Waals surface area (Å²) in [6.07, 6.45) is 7.09. The molecule has 3 aromatic rings. The Morgan fingerprint density at radius 1 is 1.16 bits per heavy atom. The van der Waals surface area contributed by atoms with Crippen molar-refractivity contribution in [2.45, 2.75) is 55.6 Å². The molecule has 3 fully saturated rings. The van der Waals surface area contributed by atoms with Gasteiger partial charge in [0.25, 0.3) is 0 Å². The molecule has 0 unspecified atom stereocenters. The largest absolute Gasteiger partial charge is 0.377 e. The predicted octanol–water partition coefficient (Wildman–Crippen LogP) is 2.40. The molecule has 1 atom stereocenters. The lowest BCUT2D eigenvalue weighted by Gasteiger charge is -2.34. The van der Waals surface area contributed by atoms with Crippen LogP contribution in [0.25, 0.3) is 11.4 Å². The third-order valence-electron chi connectivity index (χ3n) is 7.27. The van der Waals surface area contributed by atoms with Crippen molar-refractivity contribution in [3.63, 3.8) is 0 Å². The van der Waals surface area contributed by atoms with Crippen LogP contribution in [-0.2, 0) is 19.3 Å². The highest BCUT2D eigenvalue weighted by Gasteiger charge is 2.61. The summed E-state index contributed by atoms with van der Waals surface area (Å²) in [6.45, 7) is 5.60. The number of aryl methyl sites for hydroxylation is 1. The minimum absolute atomic E-state index is 0.0785. The van der Waals surface area contributed by atoms with E-state index in [9.17, 15) is 13.2 Å². The molecule has 1 saturated heterocycles. The lowest BCUT2D eigenvalue weighted by atomic mass is 10.2. The summed E-state index contributed by atoms with van der Waals surface area (Å²) >= 11 is 0. The van der Waals surface area contributed by atoms with Crippen molar-refractivity contribution in [3.8, 4) is 11.4 Å². The van der Waals surface area contributed by atoms with Crippen molar-refractivity contribution in [3.05, 3.63) is 36.0 Å². The SMILES string of the molecule is Cc1[nH]ncc1NC(=O)Nc1ncc(-c2nc(N3CCOC[C@@H]3C)cc(C3(S(=O)(=O)C4CC4)CC3)n2)cn1. The number of rotatable bonds is 7. The molecule has 14 heteroatoms. The Balaban J connectivity index is 1.30. The van der Waals surface area contributed by atoms with Crippen molar-refractivity contribution in [1.29, 1.82) is 0 Å². The van der Waals surface area contributed by atoms with E-state index in [1.807, 2.05) is 13.0 Å². The summed E-state index contributed by atoms with van der Waals surface area (Å²) in [5.74, 6) is 1.11.